The van der Waals surface area contributed by atoms with Crippen LogP contribution in [0.4, 0.5) is 10.1 Å². The molecule has 0 radical (unpaired) electrons. The molecule has 1 aliphatic heterocycles. The van der Waals surface area contributed by atoms with Crippen LogP contribution in [0.1, 0.15) is 12.0 Å². The lowest BCUT2D eigenvalue weighted by atomic mass is 10.1. The van der Waals surface area contributed by atoms with Crippen molar-refractivity contribution in [2.24, 2.45) is 4.99 Å². The molecule has 0 aliphatic carbocycles. The second-order valence-electron chi connectivity index (χ2n) is 6.94. The number of fused-ring (bicyclic) bond motifs is 1. The van der Waals surface area contributed by atoms with Crippen LogP contribution >= 0.6 is 24.0 Å². The fourth-order valence-corrected chi connectivity index (χ4v) is 3.00. The van der Waals surface area contributed by atoms with E-state index in [0.29, 0.717) is 69.8 Å². The van der Waals surface area contributed by atoms with Gasteiger partial charge in [0.1, 0.15) is 5.82 Å². The standard InChI is InChI=1S/C23H30FN3O4.HI/c1-28-15-16-29-14-11-26-23(25-10-9-18-5-2-3-6-20(18)24)27-19-7-8-21-22(17-19)31-13-4-12-30-21;/h2-3,5-8,17H,4,9-16H2,1H3,(H2,25,26,27);1H. The summed E-state index contributed by atoms with van der Waals surface area (Å²) in [6.45, 7) is 3.82. The third kappa shape index (κ3) is 8.79. The fraction of sp³-hybridized carbons (Fsp3) is 0.435. The van der Waals surface area contributed by atoms with Gasteiger partial charge < -0.3 is 29.6 Å². The molecular formula is C23H31FIN3O4. The number of hydrogen-bond donors (Lipinski definition) is 2. The highest BCUT2D eigenvalue weighted by molar-refractivity contribution is 14.0. The van der Waals surface area contributed by atoms with Gasteiger partial charge in [-0.1, -0.05) is 18.2 Å². The van der Waals surface area contributed by atoms with Gasteiger partial charge >= 0.3 is 0 Å². The molecule has 0 spiro atoms. The molecule has 9 heteroatoms. The molecule has 2 aromatic rings. The Bertz CT molecular complexity index is 854. The molecule has 32 heavy (non-hydrogen) atoms. The third-order valence-corrected chi connectivity index (χ3v) is 4.59. The van der Waals surface area contributed by atoms with Crippen molar-refractivity contribution in [3.05, 3.63) is 53.8 Å². The number of rotatable bonds is 10. The van der Waals surface area contributed by atoms with Crippen LogP contribution in [0.3, 0.4) is 0 Å². The summed E-state index contributed by atoms with van der Waals surface area (Å²) in [5.41, 5.74) is 1.48. The molecule has 2 aromatic carbocycles. The Morgan fingerprint density at radius 3 is 2.69 bits per heavy atom. The average molecular weight is 559 g/mol. The van der Waals surface area contributed by atoms with E-state index in [1.165, 1.54) is 6.07 Å². The van der Waals surface area contributed by atoms with Crippen LogP contribution in [0.2, 0.25) is 0 Å². The lowest BCUT2D eigenvalue weighted by molar-refractivity contribution is 0.0748. The Kier molecular flexibility index (Phi) is 12.1. The van der Waals surface area contributed by atoms with Gasteiger partial charge in [-0.15, -0.1) is 24.0 Å². The Balaban J connectivity index is 0.00000363. The van der Waals surface area contributed by atoms with E-state index in [1.807, 2.05) is 24.3 Å². The predicted octanol–water partition coefficient (Wildman–Crippen LogP) is 3.87. The van der Waals surface area contributed by atoms with Crippen LogP contribution in [0.15, 0.2) is 47.5 Å². The van der Waals surface area contributed by atoms with Gasteiger partial charge in [-0.25, -0.2) is 4.39 Å². The van der Waals surface area contributed by atoms with Crippen molar-refractivity contribution < 1.29 is 23.3 Å². The van der Waals surface area contributed by atoms with Gasteiger partial charge in [-0.05, 0) is 30.2 Å². The lowest BCUT2D eigenvalue weighted by Gasteiger charge is -2.15. The molecule has 1 aliphatic rings. The summed E-state index contributed by atoms with van der Waals surface area (Å²) in [7, 11) is 1.64. The number of anilines is 1. The first-order chi connectivity index (χ1) is 15.3. The molecule has 3 rings (SSSR count). The summed E-state index contributed by atoms with van der Waals surface area (Å²) < 4.78 is 35.8. The quantitative estimate of drug-likeness (QED) is 0.199. The first-order valence-corrected chi connectivity index (χ1v) is 10.5. The number of benzene rings is 2. The molecule has 7 nitrogen and oxygen atoms in total. The number of methoxy groups -OCH3 is 1. The van der Waals surface area contributed by atoms with Crippen molar-refractivity contribution in [1.82, 2.24) is 5.32 Å². The van der Waals surface area contributed by atoms with Crippen molar-refractivity contribution >= 4 is 35.6 Å². The molecule has 0 atom stereocenters. The summed E-state index contributed by atoms with van der Waals surface area (Å²) in [5, 5.41) is 6.54. The maximum atomic E-state index is 13.9. The number of nitrogens with zero attached hydrogens (tertiary/aromatic N) is 1. The zero-order valence-corrected chi connectivity index (χ0v) is 20.6. The second kappa shape index (κ2) is 14.9. The second-order valence-corrected chi connectivity index (χ2v) is 6.94. The van der Waals surface area contributed by atoms with Gasteiger partial charge in [-0.2, -0.15) is 0 Å². The smallest absolute Gasteiger partial charge is 0.195 e. The lowest BCUT2D eigenvalue weighted by Crippen LogP contribution is -2.33. The van der Waals surface area contributed by atoms with E-state index in [4.69, 9.17) is 18.9 Å². The largest absolute Gasteiger partial charge is 0.490 e. The molecule has 0 saturated carbocycles. The minimum atomic E-state index is -0.204. The van der Waals surface area contributed by atoms with Crippen molar-refractivity contribution in [3.63, 3.8) is 0 Å². The average Bonchev–Trinajstić information content (AvgIpc) is 3.02. The maximum absolute atomic E-state index is 13.9. The number of ether oxygens (including phenoxy) is 4. The van der Waals surface area contributed by atoms with Crippen molar-refractivity contribution in [2.45, 2.75) is 12.8 Å². The summed E-state index contributed by atoms with van der Waals surface area (Å²) in [5.74, 6) is 1.82. The summed E-state index contributed by atoms with van der Waals surface area (Å²) in [6.07, 6.45) is 1.39. The highest BCUT2D eigenvalue weighted by atomic mass is 127. The Hall–Kier alpha value is -2.11. The minimum Gasteiger partial charge on any atom is -0.490 e. The van der Waals surface area contributed by atoms with Crippen LogP contribution in [0.5, 0.6) is 11.5 Å². The summed E-state index contributed by atoms with van der Waals surface area (Å²) in [4.78, 5) is 4.56. The van der Waals surface area contributed by atoms with Crippen LogP contribution in [-0.4, -0.2) is 59.2 Å². The molecule has 0 fully saturated rings. The van der Waals surface area contributed by atoms with E-state index in [2.05, 4.69) is 15.6 Å². The maximum Gasteiger partial charge on any atom is 0.195 e. The third-order valence-electron chi connectivity index (χ3n) is 4.59. The monoisotopic (exact) mass is 559 g/mol. The molecule has 176 valence electrons. The highest BCUT2D eigenvalue weighted by Crippen LogP contribution is 2.32. The first kappa shape index (κ1) is 26.1. The number of nitrogens with one attached hydrogen (secondary N) is 2. The Morgan fingerprint density at radius 2 is 1.88 bits per heavy atom. The van der Waals surface area contributed by atoms with Gasteiger partial charge in [0.25, 0.3) is 0 Å². The molecular weight excluding hydrogens is 528 g/mol. The van der Waals surface area contributed by atoms with E-state index in [-0.39, 0.29) is 29.8 Å². The van der Waals surface area contributed by atoms with E-state index < -0.39 is 0 Å². The summed E-state index contributed by atoms with van der Waals surface area (Å²) >= 11 is 0. The van der Waals surface area contributed by atoms with Crippen molar-refractivity contribution in [2.75, 3.05) is 58.6 Å². The molecule has 1 heterocycles. The van der Waals surface area contributed by atoms with Gasteiger partial charge in [-0.3, -0.25) is 4.99 Å². The molecule has 0 unspecified atom stereocenters. The van der Waals surface area contributed by atoms with Crippen molar-refractivity contribution in [1.29, 1.82) is 0 Å². The summed E-state index contributed by atoms with van der Waals surface area (Å²) in [6, 6.07) is 12.5. The number of guanidine groups is 1. The first-order valence-electron chi connectivity index (χ1n) is 10.5. The SMILES string of the molecule is COCCOCCN=C(NCCc1ccccc1F)Nc1ccc2c(c1)OCCCO2.I. The van der Waals surface area contributed by atoms with E-state index in [0.717, 1.165) is 17.9 Å². The zero-order valence-electron chi connectivity index (χ0n) is 18.3. The minimum absolute atomic E-state index is 0. The molecule has 0 aromatic heterocycles. The Morgan fingerprint density at radius 1 is 1.06 bits per heavy atom. The van der Waals surface area contributed by atoms with Gasteiger partial charge in [0.2, 0.25) is 0 Å². The van der Waals surface area contributed by atoms with Gasteiger partial charge in [0.15, 0.2) is 17.5 Å². The van der Waals surface area contributed by atoms with Crippen LogP contribution < -0.4 is 20.1 Å². The van der Waals surface area contributed by atoms with Crippen LogP contribution in [0, 0.1) is 5.82 Å². The van der Waals surface area contributed by atoms with Gasteiger partial charge in [0.05, 0.1) is 39.6 Å². The van der Waals surface area contributed by atoms with Gasteiger partial charge in [0, 0.05) is 31.8 Å². The molecule has 0 saturated heterocycles. The Labute approximate surface area is 205 Å². The number of aliphatic imine (C=N–C) groups is 1. The molecule has 0 bridgehead atoms. The van der Waals surface area contributed by atoms with E-state index in [9.17, 15) is 4.39 Å². The number of hydrogen-bond acceptors (Lipinski definition) is 5. The topological polar surface area (TPSA) is 73.3 Å². The van der Waals surface area contributed by atoms with E-state index in [1.54, 1.807) is 19.2 Å². The zero-order chi connectivity index (χ0) is 21.7. The highest BCUT2D eigenvalue weighted by Gasteiger charge is 2.11. The predicted molar refractivity (Wildman–Crippen MR) is 134 cm³/mol. The normalized spacial score (nSPS) is 13.1. The van der Waals surface area contributed by atoms with Crippen molar-refractivity contribution in [3.8, 4) is 11.5 Å². The molecule has 2 N–H and O–H groups in total. The molecule has 0 amide bonds. The van der Waals surface area contributed by atoms with Crippen LogP contribution in [-0.2, 0) is 15.9 Å². The number of halogens is 2. The van der Waals surface area contributed by atoms with E-state index >= 15 is 0 Å². The fourth-order valence-electron chi connectivity index (χ4n) is 3.00. The van der Waals surface area contributed by atoms with Crippen LogP contribution in [0.25, 0.3) is 0 Å².